The molecule has 3 aromatic carbocycles. The highest BCUT2D eigenvalue weighted by Gasteiger charge is 2.32. The van der Waals surface area contributed by atoms with Gasteiger partial charge >= 0.3 is 0 Å². The maximum atomic E-state index is 13.1. The number of thiocarbonyl (C=S) groups is 1. The van der Waals surface area contributed by atoms with Crippen LogP contribution in [0.2, 0.25) is 15.1 Å². The van der Waals surface area contributed by atoms with Gasteiger partial charge in [-0.2, -0.15) is 0 Å². The van der Waals surface area contributed by atoms with Gasteiger partial charge in [-0.15, -0.1) is 0 Å². The number of hydrogen-bond donors (Lipinski definition) is 1. The van der Waals surface area contributed by atoms with Crippen LogP contribution >= 0.6 is 47.0 Å². The first-order valence-corrected chi connectivity index (χ1v) is 11.7. The van der Waals surface area contributed by atoms with Gasteiger partial charge in [-0.1, -0.05) is 59.1 Å². The number of rotatable bonds is 6. The predicted molar refractivity (Wildman–Crippen MR) is 141 cm³/mol. The van der Waals surface area contributed by atoms with E-state index in [-0.39, 0.29) is 12.5 Å². The molecular weight excluding hydrogens is 515 g/mol. The number of para-hydroxylation sites is 1. The van der Waals surface area contributed by atoms with E-state index in [9.17, 15) is 4.79 Å². The van der Waals surface area contributed by atoms with Crippen LogP contribution in [0, 0.1) is 6.92 Å². The average Bonchev–Trinajstić information content (AvgIpc) is 3.08. The molecule has 0 bridgehead atoms. The van der Waals surface area contributed by atoms with E-state index in [1.54, 1.807) is 25.3 Å². The van der Waals surface area contributed by atoms with Crippen molar-refractivity contribution in [3.8, 4) is 11.5 Å². The summed E-state index contributed by atoms with van der Waals surface area (Å²) in [5.41, 5.74) is 3.59. The lowest BCUT2D eigenvalue weighted by molar-refractivity contribution is -0.113. The van der Waals surface area contributed by atoms with E-state index in [2.05, 4.69) is 5.32 Å². The van der Waals surface area contributed by atoms with E-state index < -0.39 is 0 Å². The minimum atomic E-state index is -0.226. The summed E-state index contributed by atoms with van der Waals surface area (Å²) < 4.78 is 11.3. The third-order valence-corrected chi connectivity index (χ3v) is 6.51. The molecule has 1 fully saturated rings. The van der Waals surface area contributed by atoms with Crippen LogP contribution in [0.5, 0.6) is 11.5 Å². The topological polar surface area (TPSA) is 50.8 Å². The van der Waals surface area contributed by atoms with Gasteiger partial charge in [-0.3, -0.25) is 9.69 Å². The van der Waals surface area contributed by atoms with Crippen LogP contribution in [-0.2, 0) is 11.4 Å². The Kier molecular flexibility index (Phi) is 7.33. The fourth-order valence-electron chi connectivity index (χ4n) is 3.51. The quantitative estimate of drug-likeness (QED) is 0.214. The highest BCUT2D eigenvalue weighted by molar-refractivity contribution is 7.80. The van der Waals surface area contributed by atoms with Crippen molar-refractivity contribution in [3.05, 3.63) is 92.1 Å². The number of carbonyl (C=O) groups excluding carboxylic acids is 1. The molecule has 0 atom stereocenters. The van der Waals surface area contributed by atoms with Gasteiger partial charge in [0.1, 0.15) is 23.8 Å². The Hall–Kier alpha value is -2.77. The molecule has 174 valence electrons. The zero-order valence-electron chi connectivity index (χ0n) is 18.2. The Morgan fingerprint density at radius 2 is 1.74 bits per heavy atom. The van der Waals surface area contributed by atoms with Gasteiger partial charge in [0.25, 0.3) is 5.91 Å². The maximum absolute atomic E-state index is 13.1. The van der Waals surface area contributed by atoms with Gasteiger partial charge in [-0.05, 0) is 60.6 Å². The zero-order chi connectivity index (χ0) is 24.4. The van der Waals surface area contributed by atoms with Gasteiger partial charge in [0.05, 0.1) is 27.9 Å². The number of benzene rings is 3. The van der Waals surface area contributed by atoms with Gasteiger partial charge in [0.2, 0.25) is 0 Å². The number of hydrogen-bond acceptors (Lipinski definition) is 4. The summed E-state index contributed by atoms with van der Waals surface area (Å²) in [4.78, 5) is 14.6. The predicted octanol–water partition coefficient (Wildman–Crippen LogP) is 6.81. The molecule has 0 radical (unpaired) electrons. The number of halogens is 3. The van der Waals surface area contributed by atoms with E-state index in [0.29, 0.717) is 37.4 Å². The van der Waals surface area contributed by atoms with Crippen molar-refractivity contribution in [2.24, 2.45) is 0 Å². The van der Waals surface area contributed by atoms with Gasteiger partial charge in [-0.25, -0.2) is 0 Å². The molecule has 0 saturated carbocycles. The van der Waals surface area contributed by atoms with E-state index >= 15 is 0 Å². The summed E-state index contributed by atoms with van der Waals surface area (Å²) in [6, 6.07) is 16.2. The van der Waals surface area contributed by atoms with Crippen molar-refractivity contribution in [2.45, 2.75) is 13.5 Å². The standard InChI is InChI=1S/C25H19Cl3N2O3S/c1-14-5-3-4-6-21(14)30-24(31)20(29-25(30)34)10-15-7-8-22(32-2)16(9-15)13-33-23-12-18(27)17(26)11-19(23)28/h3-12H,13H2,1-2H3,(H,29,34)/b20-10+. The van der Waals surface area contributed by atoms with Crippen molar-refractivity contribution in [1.29, 1.82) is 0 Å². The molecular formula is C25H19Cl3N2O3S. The third-order valence-electron chi connectivity index (χ3n) is 5.21. The van der Waals surface area contributed by atoms with Crippen molar-refractivity contribution in [3.63, 3.8) is 0 Å². The zero-order valence-corrected chi connectivity index (χ0v) is 21.3. The third kappa shape index (κ3) is 5.00. The van der Waals surface area contributed by atoms with Crippen LogP contribution in [0.25, 0.3) is 6.08 Å². The molecule has 9 heteroatoms. The monoisotopic (exact) mass is 532 g/mol. The van der Waals surface area contributed by atoms with E-state index in [1.807, 2.05) is 43.3 Å². The van der Waals surface area contributed by atoms with Crippen LogP contribution in [0.15, 0.2) is 60.3 Å². The number of methoxy groups -OCH3 is 1. The first kappa shape index (κ1) is 24.4. The summed E-state index contributed by atoms with van der Waals surface area (Å²) in [6.07, 6.45) is 1.74. The van der Waals surface area contributed by atoms with Crippen LogP contribution < -0.4 is 19.7 Å². The summed E-state index contributed by atoms with van der Waals surface area (Å²) in [5, 5.41) is 4.37. The second kappa shape index (κ2) is 10.2. The van der Waals surface area contributed by atoms with E-state index in [1.165, 1.54) is 11.0 Å². The second-order valence-corrected chi connectivity index (χ2v) is 9.08. The molecule has 0 aliphatic carbocycles. The van der Waals surface area contributed by atoms with Crippen LogP contribution in [0.1, 0.15) is 16.7 Å². The molecule has 1 heterocycles. The molecule has 0 unspecified atom stereocenters. The first-order chi connectivity index (χ1) is 16.3. The molecule has 1 N–H and O–H groups in total. The minimum absolute atomic E-state index is 0.160. The second-order valence-electron chi connectivity index (χ2n) is 7.47. The number of nitrogens with one attached hydrogen (secondary N) is 1. The lowest BCUT2D eigenvalue weighted by Crippen LogP contribution is -2.30. The normalized spacial score (nSPS) is 14.5. The lowest BCUT2D eigenvalue weighted by atomic mass is 10.1. The van der Waals surface area contributed by atoms with Crippen LogP contribution in [0.3, 0.4) is 0 Å². The minimum Gasteiger partial charge on any atom is -0.496 e. The molecule has 0 aromatic heterocycles. The van der Waals surface area contributed by atoms with Crippen molar-refractivity contribution < 1.29 is 14.3 Å². The van der Waals surface area contributed by atoms with Gasteiger partial charge in [0, 0.05) is 11.6 Å². The molecule has 1 amide bonds. The van der Waals surface area contributed by atoms with Crippen molar-refractivity contribution in [2.75, 3.05) is 12.0 Å². The molecule has 0 spiro atoms. The number of nitrogens with zero attached hydrogens (tertiary/aromatic N) is 1. The van der Waals surface area contributed by atoms with Crippen LogP contribution in [0.4, 0.5) is 5.69 Å². The molecule has 34 heavy (non-hydrogen) atoms. The Morgan fingerprint density at radius 1 is 1.00 bits per heavy atom. The number of aryl methyl sites for hydroxylation is 1. The van der Waals surface area contributed by atoms with E-state index in [4.69, 9.17) is 56.5 Å². The Balaban J connectivity index is 1.59. The fraction of sp³-hybridized carbons (Fsp3) is 0.120. The molecule has 4 rings (SSSR count). The van der Waals surface area contributed by atoms with E-state index in [0.717, 1.165) is 22.4 Å². The highest BCUT2D eigenvalue weighted by Crippen LogP contribution is 2.35. The Morgan fingerprint density at radius 3 is 2.47 bits per heavy atom. The van der Waals surface area contributed by atoms with Gasteiger partial charge < -0.3 is 14.8 Å². The number of ether oxygens (including phenoxy) is 2. The molecule has 1 aliphatic rings. The van der Waals surface area contributed by atoms with Crippen molar-refractivity contribution >= 4 is 69.8 Å². The van der Waals surface area contributed by atoms with Gasteiger partial charge in [0.15, 0.2) is 5.11 Å². The molecule has 1 aliphatic heterocycles. The molecule has 5 nitrogen and oxygen atoms in total. The highest BCUT2D eigenvalue weighted by atomic mass is 35.5. The number of amides is 1. The maximum Gasteiger partial charge on any atom is 0.281 e. The van der Waals surface area contributed by atoms with Crippen molar-refractivity contribution in [1.82, 2.24) is 5.32 Å². The molecule has 1 saturated heterocycles. The first-order valence-electron chi connectivity index (χ1n) is 10.2. The number of anilines is 1. The molecule has 3 aromatic rings. The fourth-order valence-corrected chi connectivity index (χ4v) is 4.39. The number of carbonyl (C=O) groups is 1. The summed E-state index contributed by atoms with van der Waals surface area (Å²) in [6.45, 7) is 2.09. The average molecular weight is 534 g/mol. The smallest absolute Gasteiger partial charge is 0.281 e. The summed E-state index contributed by atoms with van der Waals surface area (Å²) >= 11 is 23.7. The SMILES string of the molecule is COc1ccc(/C=C2/NC(=S)N(c3ccccc3C)C2=O)cc1COc1cc(Cl)c(Cl)cc1Cl. The largest absolute Gasteiger partial charge is 0.496 e. The summed E-state index contributed by atoms with van der Waals surface area (Å²) in [5.74, 6) is 0.797. The Bertz CT molecular complexity index is 1330. The van der Waals surface area contributed by atoms with Crippen LogP contribution in [-0.4, -0.2) is 18.1 Å². The lowest BCUT2D eigenvalue weighted by Gasteiger charge is -2.16. The Labute approximate surface area is 217 Å². The summed E-state index contributed by atoms with van der Waals surface area (Å²) in [7, 11) is 1.57.